The van der Waals surface area contributed by atoms with Crippen molar-refractivity contribution in [1.29, 1.82) is 5.26 Å². The van der Waals surface area contributed by atoms with Crippen LogP contribution in [0.3, 0.4) is 0 Å². The molecule has 0 heterocycles. The van der Waals surface area contributed by atoms with E-state index in [0.717, 1.165) is 0 Å². The molecule has 0 saturated heterocycles. The molecule has 76 valence electrons. The molecule has 0 atom stereocenters. The molecular formula is C10H9N3O2. The Labute approximate surface area is 86.5 Å². The van der Waals surface area contributed by atoms with Crippen molar-refractivity contribution >= 4 is 11.8 Å². The van der Waals surface area contributed by atoms with Crippen molar-refractivity contribution < 1.29 is 9.59 Å². The lowest BCUT2D eigenvalue weighted by Gasteiger charge is -2.05. The summed E-state index contributed by atoms with van der Waals surface area (Å²) in [7, 11) is 1.44. The monoisotopic (exact) mass is 203 g/mol. The third kappa shape index (κ3) is 2.11. The minimum atomic E-state index is -0.696. The summed E-state index contributed by atoms with van der Waals surface area (Å²) in [6.07, 6.45) is 0. The molecule has 0 aliphatic rings. The number of nitrogens with one attached hydrogen (secondary N) is 1. The summed E-state index contributed by atoms with van der Waals surface area (Å²) in [5, 5.41) is 11.0. The van der Waals surface area contributed by atoms with Gasteiger partial charge in [0.25, 0.3) is 5.91 Å². The Hall–Kier alpha value is -2.35. The number of hydrogen-bond acceptors (Lipinski definition) is 3. The zero-order valence-electron chi connectivity index (χ0n) is 8.07. The standard InChI is InChI=1S/C10H9N3O2/c1-13-10(15)8-4-6(5-11)2-3-7(8)9(12)14/h2-4H,1H3,(H2,12,14)(H,13,15). The maximum absolute atomic E-state index is 11.4. The smallest absolute Gasteiger partial charge is 0.251 e. The average Bonchev–Trinajstić information content (AvgIpc) is 2.26. The van der Waals surface area contributed by atoms with E-state index in [-0.39, 0.29) is 11.1 Å². The fraction of sp³-hybridized carbons (Fsp3) is 0.100. The van der Waals surface area contributed by atoms with Crippen molar-refractivity contribution in [3.8, 4) is 6.07 Å². The average molecular weight is 203 g/mol. The second kappa shape index (κ2) is 4.24. The highest BCUT2D eigenvalue weighted by atomic mass is 16.2. The van der Waals surface area contributed by atoms with Gasteiger partial charge in [0.2, 0.25) is 5.91 Å². The molecule has 15 heavy (non-hydrogen) atoms. The van der Waals surface area contributed by atoms with Gasteiger partial charge in [0.1, 0.15) is 0 Å². The van der Waals surface area contributed by atoms with Gasteiger partial charge in [-0.1, -0.05) is 0 Å². The molecule has 1 rings (SSSR count). The first-order valence-corrected chi connectivity index (χ1v) is 4.16. The highest BCUT2D eigenvalue weighted by Crippen LogP contribution is 2.11. The highest BCUT2D eigenvalue weighted by molar-refractivity contribution is 6.06. The fourth-order valence-electron chi connectivity index (χ4n) is 1.15. The van der Waals surface area contributed by atoms with Gasteiger partial charge in [-0.15, -0.1) is 0 Å². The molecule has 5 heteroatoms. The van der Waals surface area contributed by atoms with E-state index in [4.69, 9.17) is 11.0 Å². The third-order valence-corrected chi connectivity index (χ3v) is 1.89. The lowest BCUT2D eigenvalue weighted by Crippen LogP contribution is -2.23. The Balaban J connectivity index is 3.36. The maximum Gasteiger partial charge on any atom is 0.251 e. The van der Waals surface area contributed by atoms with E-state index in [1.807, 2.05) is 6.07 Å². The van der Waals surface area contributed by atoms with Crippen LogP contribution in [-0.4, -0.2) is 18.9 Å². The summed E-state index contributed by atoms with van der Waals surface area (Å²) in [6.45, 7) is 0. The van der Waals surface area contributed by atoms with Crippen LogP contribution in [0.25, 0.3) is 0 Å². The van der Waals surface area contributed by atoms with Crippen LogP contribution >= 0.6 is 0 Å². The SMILES string of the molecule is CNC(=O)c1cc(C#N)ccc1C(N)=O. The molecule has 1 aromatic carbocycles. The van der Waals surface area contributed by atoms with Gasteiger partial charge < -0.3 is 11.1 Å². The number of nitrogens with zero attached hydrogens (tertiary/aromatic N) is 1. The number of benzene rings is 1. The quantitative estimate of drug-likeness (QED) is 0.708. The van der Waals surface area contributed by atoms with Crippen molar-refractivity contribution in [2.75, 3.05) is 7.05 Å². The Morgan fingerprint density at radius 2 is 2.07 bits per heavy atom. The van der Waals surface area contributed by atoms with Gasteiger partial charge in [-0.3, -0.25) is 9.59 Å². The Kier molecular flexibility index (Phi) is 3.03. The van der Waals surface area contributed by atoms with E-state index >= 15 is 0 Å². The number of nitrogens with two attached hydrogens (primary N) is 1. The van der Waals surface area contributed by atoms with Gasteiger partial charge >= 0.3 is 0 Å². The number of primary amides is 1. The van der Waals surface area contributed by atoms with Crippen molar-refractivity contribution in [3.05, 3.63) is 34.9 Å². The number of hydrogen-bond donors (Lipinski definition) is 2. The Morgan fingerprint density at radius 1 is 1.40 bits per heavy atom. The van der Waals surface area contributed by atoms with Crippen LogP contribution in [-0.2, 0) is 0 Å². The van der Waals surface area contributed by atoms with Crippen molar-refractivity contribution in [1.82, 2.24) is 5.32 Å². The minimum Gasteiger partial charge on any atom is -0.366 e. The Morgan fingerprint density at radius 3 is 2.53 bits per heavy atom. The van der Waals surface area contributed by atoms with Crippen LogP contribution in [0.15, 0.2) is 18.2 Å². The second-order valence-corrected chi connectivity index (χ2v) is 2.82. The van der Waals surface area contributed by atoms with Gasteiger partial charge in [-0.25, -0.2) is 0 Å². The lowest BCUT2D eigenvalue weighted by molar-refractivity contribution is 0.0943. The molecular weight excluding hydrogens is 194 g/mol. The number of rotatable bonds is 2. The van der Waals surface area contributed by atoms with Crippen LogP contribution in [0, 0.1) is 11.3 Å². The largest absolute Gasteiger partial charge is 0.366 e. The number of nitriles is 1. The summed E-state index contributed by atoms with van der Waals surface area (Å²) in [4.78, 5) is 22.4. The Bertz CT molecular complexity index is 460. The summed E-state index contributed by atoms with van der Waals surface area (Å²) in [6, 6.07) is 6.02. The van der Waals surface area contributed by atoms with E-state index in [9.17, 15) is 9.59 Å². The van der Waals surface area contributed by atoms with Crippen molar-refractivity contribution in [3.63, 3.8) is 0 Å². The molecule has 1 aromatic rings. The topological polar surface area (TPSA) is 96.0 Å². The van der Waals surface area contributed by atoms with Gasteiger partial charge in [-0.2, -0.15) is 5.26 Å². The molecule has 0 aliphatic carbocycles. The molecule has 0 aliphatic heterocycles. The van der Waals surface area contributed by atoms with Crippen LogP contribution in [0.2, 0.25) is 0 Å². The normalized spacial score (nSPS) is 9.07. The molecule has 0 aromatic heterocycles. The molecule has 0 fully saturated rings. The summed E-state index contributed by atoms with van der Waals surface area (Å²) >= 11 is 0. The minimum absolute atomic E-state index is 0.105. The van der Waals surface area contributed by atoms with E-state index in [0.29, 0.717) is 5.56 Å². The predicted molar refractivity (Wildman–Crippen MR) is 53.1 cm³/mol. The molecule has 0 radical (unpaired) electrons. The van der Waals surface area contributed by atoms with Gasteiger partial charge in [0.05, 0.1) is 22.8 Å². The summed E-state index contributed by atoms with van der Waals surface area (Å²) in [5.74, 6) is -1.14. The van der Waals surface area contributed by atoms with Gasteiger partial charge in [-0.05, 0) is 18.2 Å². The first kappa shape index (κ1) is 10.7. The zero-order valence-corrected chi connectivity index (χ0v) is 8.07. The van der Waals surface area contributed by atoms with Crippen LogP contribution in [0.4, 0.5) is 0 Å². The van der Waals surface area contributed by atoms with Crippen molar-refractivity contribution in [2.24, 2.45) is 5.73 Å². The zero-order chi connectivity index (χ0) is 11.4. The number of carbonyl (C=O) groups is 2. The van der Waals surface area contributed by atoms with Crippen LogP contribution < -0.4 is 11.1 Å². The number of carbonyl (C=O) groups excluding carboxylic acids is 2. The first-order valence-electron chi connectivity index (χ1n) is 4.16. The highest BCUT2D eigenvalue weighted by Gasteiger charge is 2.14. The molecule has 0 bridgehead atoms. The van der Waals surface area contributed by atoms with E-state index in [2.05, 4.69) is 5.32 Å². The molecule has 0 saturated carbocycles. The van der Waals surface area contributed by atoms with Gasteiger partial charge in [0, 0.05) is 7.05 Å². The molecule has 3 N–H and O–H groups in total. The van der Waals surface area contributed by atoms with E-state index in [1.165, 1.54) is 25.2 Å². The molecule has 0 unspecified atom stereocenters. The van der Waals surface area contributed by atoms with Crippen molar-refractivity contribution in [2.45, 2.75) is 0 Å². The molecule has 2 amide bonds. The van der Waals surface area contributed by atoms with E-state index in [1.54, 1.807) is 0 Å². The summed E-state index contributed by atoms with van der Waals surface area (Å²) < 4.78 is 0. The number of amides is 2. The first-order chi connectivity index (χ1) is 7.10. The summed E-state index contributed by atoms with van der Waals surface area (Å²) in [5.41, 5.74) is 5.62. The second-order valence-electron chi connectivity index (χ2n) is 2.82. The molecule has 0 spiro atoms. The van der Waals surface area contributed by atoms with Crippen LogP contribution in [0.1, 0.15) is 26.3 Å². The molecule has 5 nitrogen and oxygen atoms in total. The third-order valence-electron chi connectivity index (χ3n) is 1.89. The predicted octanol–water partition coefficient (Wildman–Crippen LogP) is 0.0168. The van der Waals surface area contributed by atoms with Crippen LogP contribution in [0.5, 0.6) is 0 Å². The van der Waals surface area contributed by atoms with E-state index < -0.39 is 11.8 Å². The lowest BCUT2D eigenvalue weighted by atomic mass is 10.0. The fourth-order valence-corrected chi connectivity index (χ4v) is 1.15. The van der Waals surface area contributed by atoms with Gasteiger partial charge in [0.15, 0.2) is 0 Å². The maximum atomic E-state index is 11.4.